The lowest BCUT2D eigenvalue weighted by atomic mass is 10.2. The first kappa shape index (κ1) is 23.8. The van der Waals surface area contributed by atoms with Crippen molar-refractivity contribution in [3.63, 3.8) is 0 Å². The minimum Gasteiger partial charge on any atom is -0.490 e. The molecule has 3 amide bonds. The first-order valence-electron chi connectivity index (χ1n) is 9.12. The third-order valence-electron chi connectivity index (χ3n) is 3.93. The van der Waals surface area contributed by atoms with Crippen LogP contribution in [-0.4, -0.2) is 32.1 Å². The van der Waals surface area contributed by atoms with Gasteiger partial charge in [0.25, 0.3) is 11.1 Å². The van der Waals surface area contributed by atoms with E-state index in [1.165, 1.54) is 49.4 Å². The molecule has 1 heterocycles. The van der Waals surface area contributed by atoms with Gasteiger partial charge in [0.05, 0.1) is 16.0 Å². The van der Waals surface area contributed by atoms with E-state index in [0.29, 0.717) is 11.3 Å². The van der Waals surface area contributed by atoms with E-state index in [-0.39, 0.29) is 38.3 Å². The number of carbonyl (C=O) groups excluding carboxylic acids is 3. The van der Waals surface area contributed by atoms with Crippen LogP contribution in [0.2, 0.25) is 0 Å². The fraction of sp³-hybridized carbons (Fsp3) is 0.150. The van der Waals surface area contributed by atoms with E-state index in [4.69, 9.17) is 8.92 Å². The number of imide groups is 1. The van der Waals surface area contributed by atoms with Gasteiger partial charge in [-0.1, -0.05) is 0 Å². The van der Waals surface area contributed by atoms with Crippen LogP contribution >= 0.6 is 27.7 Å². The molecule has 1 saturated heterocycles. The SMILES string of the molecule is CCOc1cc(/C=C2\SC(=O)NC2=O)cc(Br)c1OS(=O)(=O)c1ccc(NC(C)=O)cc1. The molecule has 9 nitrogen and oxygen atoms in total. The molecular formula is C20H17BrN2O7S2. The summed E-state index contributed by atoms with van der Waals surface area (Å²) in [7, 11) is -4.22. The molecule has 1 aliphatic heterocycles. The predicted octanol–water partition coefficient (Wildman–Crippen LogP) is 3.90. The van der Waals surface area contributed by atoms with Crippen molar-refractivity contribution in [3.8, 4) is 11.5 Å². The van der Waals surface area contributed by atoms with Crippen LogP contribution < -0.4 is 19.6 Å². The molecule has 1 aliphatic rings. The molecule has 0 saturated carbocycles. The van der Waals surface area contributed by atoms with E-state index in [2.05, 4.69) is 26.6 Å². The Labute approximate surface area is 196 Å². The number of carbonyl (C=O) groups is 3. The van der Waals surface area contributed by atoms with Gasteiger partial charge < -0.3 is 14.2 Å². The first-order chi connectivity index (χ1) is 15.1. The van der Waals surface area contributed by atoms with Gasteiger partial charge in [0.2, 0.25) is 5.91 Å². The van der Waals surface area contributed by atoms with E-state index in [1.54, 1.807) is 6.92 Å². The maximum absolute atomic E-state index is 12.8. The standard InChI is InChI=1S/C20H17BrN2O7S2/c1-3-29-16-9-12(10-17-19(25)23-20(26)31-17)8-15(21)18(16)30-32(27,28)14-6-4-13(5-7-14)22-11(2)24/h4-10H,3H2,1-2H3,(H,22,24)(H,23,25,26)/b17-10-. The molecule has 12 heteroatoms. The third kappa shape index (κ3) is 5.69. The predicted molar refractivity (Wildman–Crippen MR) is 123 cm³/mol. The van der Waals surface area contributed by atoms with Crippen molar-refractivity contribution in [1.82, 2.24) is 5.32 Å². The second kappa shape index (κ2) is 9.76. The van der Waals surface area contributed by atoms with Crippen molar-refractivity contribution in [3.05, 3.63) is 51.3 Å². The molecule has 0 atom stereocenters. The molecule has 2 aromatic carbocycles. The van der Waals surface area contributed by atoms with Crippen LogP contribution in [0.5, 0.6) is 11.5 Å². The Kier molecular flexibility index (Phi) is 7.26. The lowest BCUT2D eigenvalue weighted by Gasteiger charge is -2.15. The maximum atomic E-state index is 12.8. The smallest absolute Gasteiger partial charge is 0.339 e. The Hall–Kier alpha value is -2.83. The Morgan fingerprint density at radius 3 is 2.47 bits per heavy atom. The van der Waals surface area contributed by atoms with E-state index in [9.17, 15) is 22.8 Å². The molecule has 2 N–H and O–H groups in total. The molecule has 1 fully saturated rings. The number of nitrogens with one attached hydrogen (secondary N) is 2. The van der Waals surface area contributed by atoms with Gasteiger partial charge >= 0.3 is 10.1 Å². The zero-order chi connectivity index (χ0) is 23.5. The molecule has 32 heavy (non-hydrogen) atoms. The second-order valence-corrected chi connectivity index (χ2v) is 9.77. The van der Waals surface area contributed by atoms with Crippen LogP contribution in [0.3, 0.4) is 0 Å². The Morgan fingerprint density at radius 2 is 1.91 bits per heavy atom. The van der Waals surface area contributed by atoms with E-state index < -0.39 is 21.3 Å². The summed E-state index contributed by atoms with van der Waals surface area (Å²) in [6, 6.07) is 8.54. The zero-order valence-corrected chi connectivity index (χ0v) is 20.0. The normalized spacial score (nSPS) is 14.9. The molecule has 0 aliphatic carbocycles. The number of hydrogen-bond donors (Lipinski definition) is 2. The van der Waals surface area contributed by atoms with Crippen LogP contribution in [-0.2, 0) is 19.7 Å². The second-order valence-electron chi connectivity index (χ2n) is 6.36. The molecule has 0 aromatic heterocycles. The zero-order valence-electron chi connectivity index (χ0n) is 16.8. The lowest BCUT2D eigenvalue weighted by molar-refractivity contribution is -0.115. The van der Waals surface area contributed by atoms with Gasteiger partial charge in [0.1, 0.15) is 4.90 Å². The summed E-state index contributed by atoms with van der Waals surface area (Å²) in [5.41, 5.74) is 0.939. The maximum Gasteiger partial charge on any atom is 0.339 e. The van der Waals surface area contributed by atoms with Crippen molar-refractivity contribution in [1.29, 1.82) is 0 Å². The highest BCUT2D eigenvalue weighted by molar-refractivity contribution is 9.10. The molecule has 3 rings (SSSR count). The van der Waals surface area contributed by atoms with Gasteiger partial charge in [-0.3, -0.25) is 19.7 Å². The molecule has 168 valence electrons. The monoisotopic (exact) mass is 540 g/mol. The number of benzene rings is 2. The summed E-state index contributed by atoms with van der Waals surface area (Å²) < 4.78 is 36.7. The summed E-state index contributed by atoms with van der Waals surface area (Å²) in [6.07, 6.45) is 1.48. The highest BCUT2D eigenvalue weighted by atomic mass is 79.9. The van der Waals surface area contributed by atoms with E-state index in [1.807, 2.05) is 0 Å². The number of rotatable bonds is 7. The van der Waals surface area contributed by atoms with Gasteiger partial charge in [-0.15, -0.1) is 0 Å². The third-order valence-corrected chi connectivity index (χ3v) is 6.56. The summed E-state index contributed by atoms with van der Waals surface area (Å²) >= 11 is 4.05. The molecule has 0 radical (unpaired) electrons. The van der Waals surface area contributed by atoms with Gasteiger partial charge in [0.15, 0.2) is 11.5 Å². The fourth-order valence-corrected chi connectivity index (χ4v) is 4.94. The number of halogens is 1. The summed E-state index contributed by atoms with van der Waals surface area (Å²) in [6.45, 7) is 3.29. The Morgan fingerprint density at radius 1 is 1.22 bits per heavy atom. The average Bonchev–Trinajstić information content (AvgIpc) is 3.01. The first-order valence-corrected chi connectivity index (χ1v) is 12.1. The van der Waals surface area contributed by atoms with Crippen LogP contribution in [0.25, 0.3) is 6.08 Å². The highest BCUT2D eigenvalue weighted by Gasteiger charge is 2.26. The van der Waals surface area contributed by atoms with Crippen molar-refractivity contribution >= 4 is 66.6 Å². The molecular weight excluding hydrogens is 524 g/mol. The molecule has 2 aromatic rings. The summed E-state index contributed by atoms with van der Waals surface area (Å²) in [5, 5.41) is 4.24. The van der Waals surface area contributed by atoms with Gasteiger partial charge in [-0.05, 0) is 82.7 Å². The van der Waals surface area contributed by atoms with Gasteiger partial charge in [0, 0.05) is 12.6 Å². The fourth-order valence-electron chi connectivity index (χ4n) is 2.65. The van der Waals surface area contributed by atoms with Crippen LogP contribution in [0.1, 0.15) is 19.4 Å². The molecule has 0 spiro atoms. The number of hydrogen-bond acceptors (Lipinski definition) is 8. The largest absolute Gasteiger partial charge is 0.490 e. The number of thioether (sulfide) groups is 1. The Bertz CT molecular complexity index is 1230. The topological polar surface area (TPSA) is 128 Å². The van der Waals surface area contributed by atoms with Crippen molar-refractivity contribution in [2.75, 3.05) is 11.9 Å². The minimum absolute atomic E-state index is 0.0699. The average molecular weight is 541 g/mol. The minimum atomic E-state index is -4.22. The van der Waals surface area contributed by atoms with Crippen molar-refractivity contribution < 1.29 is 31.7 Å². The summed E-state index contributed by atoms with van der Waals surface area (Å²) in [4.78, 5) is 34.4. The molecule has 0 bridgehead atoms. The Balaban J connectivity index is 1.93. The van der Waals surface area contributed by atoms with Crippen LogP contribution in [0, 0.1) is 0 Å². The van der Waals surface area contributed by atoms with Crippen molar-refractivity contribution in [2.24, 2.45) is 0 Å². The van der Waals surface area contributed by atoms with Gasteiger partial charge in [-0.25, -0.2) is 0 Å². The van der Waals surface area contributed by atoms with Gasteiger partial charge in [-0.2, -0.15) is 8.42 Å². The number of anilines is 1. The number of amides is 3. The number of ether oxygens (including phenoxy) is 1. The highest BCUT2D eigenvalue weighted by Crippen LogP contribution is 2.40. The van der Waals surface area contributed by atoms with E-state index in [0.717, 1.165) is 11.8 Å². The summed E-state index contributed by atoms with van der Waals surface area (Å²) in [5.74, 6) is -0.740. The van der Waals surface area contributed by atoms with E-state index >= 15 is 0 Å². The van der Waals surface area contributed by atoms with Crippen LogP contribution in [0.4, 0.5) is 10.5 Å². The van der Waals surface area contributed by atoms with Crippen LogP contribution in [0.15, 0.2) is 50.7 Å². The lowest BCUT2D eigenvalue weighted by Crippen LogP contribution is -2.17. The van der Waals surface area contributed by atoms with Crippen molar-refractivity contribution in [2.45, 2.75) is 18.7 Å². The quantitative estimate of drug-likeness (QED) is 0.399. The molecule has 0 unspecified atom stereocenters.